The highest BCUT2D eigenvalue weighted by atomic mass is 79.9. The number of halogens is 1. The minimum Gasteiger partial charge on any atom is -0.480 e. The van der Waals surface area contributed by atoms with Gasteiger partial charge in [-0.05, 0) is 37.1 Å². The molecule has 1 aromatic carbocycles. The van der Waals surface area contributed by atoms with E-state index in [-0.39, 0.29) is 11.4 Å². The number of carboxylic acids is 1. The third kappa shape index (κ3) is 2.43. The molecule has 1 aliphatic heterocycles. The van der Waals surface area contributed by atoms with Crippen molar-refractivity contribution < 1.29 is 18.3 Å². The second-order valence-corrected chi connectivity index (χ2v) is 6.87. The molecule has 18 heavy (non-hydrogen) atoms. The van der Waals surface area contributed by atoms with E-state index in [1.165, 1.54) is 12.1 Å². The molecule has 1 aromatic rings. The van der Waals surface area contributed by atoms with Gasteiger partial charge in [0.15, 0.2) is 0 Å². The number of aliphatic carboxylic acids is 1. The molecule has 0 aliphatic carbocycles. The van der Waals surface area contributed by atoms with Gasteiger partial charge in [-0.1, -0.05) is 15.9 Å². The van der Waals surface area contributed by atoms with E-state index in [1.54, 1.807) is 12.1 Å². The van der Waals surface area contributed by atoms with Crippen molar-refractivity contribution in [3.63, 3.8) is 0 Å². The first-order chi connectivity index (χ1) is 8.43. The van der Waals surface area contributed by atoms with Gasteiger partial charge in [0.05, 0.1) is 4.90 Å². The Labute approximate surface area is 114 Å². The Kier molecular flexibility index (Phi) is 3.74. The van der Waals surface area contributed by atoms with Gasteiger partial charge in [0, 0.05) is 11.0 Å². The number of sulfonamides is 1. The van der Waals surface area contributed by atoms with Crippen LogP contribution in [0.4, 0.5) is 0 Å². The molecule has 1 N–H and O–H groups in total. The number of rotatable bonds is 3. The van der Waals surface area contributed by atoms with Crippen LogP contribution in [0.5, 0.6) is 0 Å². The summed E-state index contributed by atoms with van der Waals surface area (Å²) in [7, 11) is -3.72. The summed E-state index contributed by atoms with van der Waals surface area (Å²) >= 11 is 3.23. The second-order valence-electron chi connectivity index (χ2n) is 4.07. The van der Waals surface area contributed by atoms with Crippen LogP contribution in [-0.4, -0.2) is 36.4 Å². The lowest BCUT2D eigenvalue weighted by Crippen LogP contribution is -2.40. The zero-order chi connectivity index (χ0) is 13.3. The lowest BCUT2D eigenvalue weighted by atomic mass is 10.2. The maximum absolute atomic E-state index is 12.3. The molecular weight excluding hydrogens is 322 g/mol. The lowest BCUT2D eigenvalue weighted by molar-refractivity contribution is -0.140. The number of carbonyl (C=O) groups is 1. The first-order valence-electron chi connectivity index (χ1n) is 5.43. The molecular formula is C11H12BrNO4S. The highest BCUT2D eigenvalue weighted by Gasteiger charge is 2.39. The summed E-state index contributed by atoms with van der Waals surface area (Å²) in [6.45, 7) is 0.259. The predicted molar refractivity (Wildman–Crippen MR) is 68.7 cm³/mol. The van der Waals surface area contributed by atoms with Crippen LogP contribution in [0.1, 0.15) is 12.8 Å². The zero-order valence-electron chi connectivity index (χ0n) is 9.41. The number of benzene rings is 1. The van der Waals surface area contributed by atoms with Gasteiger partial charge < -0.3 is 5.11 Å². The van der Waals surface area contributed by atoms with Gasteiger partial charge in [-0.15, -0.1) is 0 Å². The minimum absolute atomic E-state index is 0.124. The maximum Gasteiger partial charge on any atom is 0.322 e. The van der Waals surface area contributed by atoms with Gasteiger partial charge in [-0.25, -0.2) is 8.42 Å². The summed E-state index contributed by atoms with van der Waals surface area (Å²) in [5.74, 6) is -1.09. The molecule has 0 unspecified atom stereocenters. The summed E-state index contributed by atoms with van der Waals surface area (Å²) in [5.41, 5.74) is 0. The standard InChI is InChI=1S/C11H12BrNO4S/c12-8-3-5-9(6-4-8)18(16,17)13-7-1-2-10(13)11(14)15/h3-6,10H,1-2,7H2,(H,14,15)/t10-/m1/s1. The quantitative estimate of drug-likeness (QED) is 0.913. The summed E-state index contributed by atoms with van der Waals surface area (Å²) in [6.07, 6.45) is 0.942. The normalized spacial score (nSPS) is 21.1. The van der Waals surface area contributed by atoms with E-state index in [1.807, 2.05) is 0 Å². The third-order valence-corrected chi connectivity index (χ3v) is 5.36. The largest absolute Gasteiger partial charge is 0.480 e. The molecule has 1 saturated heterocycles. The van der Waals surface area contributed by atoms with Crippen LogP contribution in [-0.2, 0) is 14.8 Å². The van der Waals surface area contributed by atoms with Gasteiger partial charge in [0.2, 0.25) is 10.0 Å². The molecule has 7 heteroatoms. The Balaban J connectivity index is 2.36. The highest BCUT2D eigenvalue weighted by Crippen LogP contribution is 2.26. The van der Waals surface area contributed by atoms with Crippen molar-refractivity contribution in [3.8, 4) is 0 Å². The Morgan fingerprint density at radius 3 is 2.50 bits per heavy atom. The van der Waals surface area contributed by atoms with Crippen LogP contribution < -0.4 is 0 Å². The van der Waals surface area contributed by atoms with E-state index in [0.717, 1.165) is 8.78 Å². The SMILES string of the molecule is O=C(O)[C@H]1CCCN1S(=O)(=O)c1ccc(Br)cc1. The minimum atomic E-state index is -3.72. The summed E-state index contributed by atoms with van der Waals surface area (Å²) < 4.78 is 26.5. The van der Waals surface area contributed by atoms with Crippen molar-refractivity contribution in [1.29, 1.82) is 0 Å². The lowest BCUT2D eigenvalue weighted by Gasteiger charge is -2.20. The van der Waals surface area contributed by atoms with Gasteiger partial charge in [-0.2, -0.15) is 4.31 Å². The van der Waals surface area contributed by atoms with E-state index in [2.05, 4.69) is 15.9 Å². The van der Waals surface area contributed by atoms with Crippen LogP contribution in [0.25, 0.3) is 0 Å². The molecule has 0 saturated carbocycles. The fraction of sp³-hybridized carbons (Fsp3) is 0.364. The zero-order valence-corrected chi connectivity index (χ0v) is 11.8. The van der Waals surface area contributed by atoms with Crippen molar-refractivity contribution in [2.24, 2.45) is 0 Å². The van der Waals surface area contributed by atoms with Gasteiger partial charge in [0.1, 0.15) is 6.04 Å². The fourth-order valence-electron chi connectivity index (χ4n) is 2.02. The fourth-order valence-corrected chi connectivity index (χ4v) is 3.93. The smallest absolute Gasteiger partial charge is 0.322 e. The van der Waals surface area contributed by atoms with Crippen LogP contribution in [0.3, 0.4) is 0 Å². The van der Waals surface area contributed by atoms with Crippen molar-refractivity contribution >= 4 is 31.9 Å². The Hall–Kier alpha value is -0.920. The second kappa shape index (κ2) is 4.99. The molecule has 0 aromatic heterocycles. The maximum atomic E-state index is 12.3. The van der Waals surface area contributed by atoms with Crippen LogP contribution in [0, 0.1) is 0 Å². The molecule has 1 aliphatic rings. The number of nitrogens with zero attached hydrogens (tertiary/aromatic N) is 1. The van der Waals surface area contributed by atoms with Crippen molar-refractivity contribution in [2.75, 3.05) is 6.54 Å². The highest BCUT2D eigenvalue weighted by molar-refractivity contribution is 9.10. The average molecular weight is 334 g/mol. The number of carboxylic acid groups (broad SMARTS) is 1. The first kappa shape index (κ1) is 13.5. The van der Waals surface area contributed by atoms with Crippen molar-refractivity contribution in [2.45, 2.75) is 23.8 Å². The van der Waals surface area contributed by atoms with E-state index >= 15 is 0 Å². The average Bonchev–Trinajstić information content (AvgIpc) is 2.79. The van der Waals surface area contributed by atoms with E-state index in [9.17, 15) is 13.2 Å². The van der Waals surface area contributed by atoms with Gasteiger partial charge in [0.25, 0.3) is 0 Å². The van der Waals surface area contributed by atoms with Crippen LogP contribution in [0.2, 0.25) is 0 Å². The summed E-state index contributed by atoms with van der Waals surface area (Å²) in [6, 6.07) is 5.24. The van der Waals surface area contributed by atoms with Gasteiger partial charge >= 0.3 is 5.97 Å². The molecule has 0 bridgehead atoms. The van der Waals surface area contributed by atoms with Gasteiger partial charge in [-0.3, -0.25) is 4.79 Å². The molecule has 2 rings (SSSR count). The molecule has 5 nitrogen and oxygen atoms in total. The number of hydrogen-bond donors (Lipinski definition) is 1. The first-order valence-corrected chi connectivity index (χ1v) is 7.66. The number of hydrogen-bond acceptors (Lipinski definition) is 3. The van der Waals surface area contributed by atoms with Crippen molar-refractivity contribution in [1.82, 2.24) is 4.31 Å². The Morgan fingerprint density at radius 1 is 1.33 bits per heavy atom. The van der Waals surface area contributed by atoms with Crippen LogP contribution in [0.15, 0.2) is 33.6 Å². The Bertz CT molecular complexity index is 555. The molecule has 1 atom stereocenters. The van der Waals surface area contributed by atoms with E-state index in [0.29, 0.717) is 12.8 Å². The molecule has 98 valence electrons. The molecule has 0 radical (unpaired) electrons. The topological polar surface area (TPSA) is 74.7 Å². The molecule has 0 spiro atoms. The predicted octanol–water partition coefficient (Wildman–Crippen LogP) is 1.69. The van der Waals surface area contributed by atoms with Crippen LogP contribution >= 0.6 is 15.9 Å². The van der Waals surface area contributed by atoms with E-state index in [4.69, 9.17) is 5.11 Å². The van der Waals surface area contributed by atoms with Crippen molar-refractivity contribution in [3.05, 3.63) is 28.7 Å². The molecule has 1 fully saturated rings. The third-order valence-electron chi connectivity index (χ3n) is 2.91. The molecule has 1 heterocycles. The summed E-state index contributed by atoms with van der Waals surface area (Å²) in [5, 5.41) is 9.02. The Morgan fingerprint density at radius 2 is 1.94 bits per heavy atom. The molecule has 0 amide bonds. The van der Waals surface area contributed by atoms with E-state index < -0.39 is 22.0 Å². The monoisotopic (exact) mass is 333 g/mol. The summed E-state index contributed by atoms with van der Waals surface area (Å²) in [4.78, 5) is 11.2.